The van der Waals surface area contributed by atoms with Gasteiger partial charge in [-0.05, 0) is 61.0 Å². The van der Waals surface area contributed by atoms with Crippen molar-refractivity contribution >= 4 is 17.5 Å². The van der Waals surface area contributed by atoms with Crippen LogP contribution in [0.25, 0.3) is 5.82 Å². The summed E-state index contributed by atoms with van der Waals surface area (Å²) >= 11 is 0. The number of nitrogens with one attached hydrogen (secondary N) is 3. The first-order chi connectivity index (χ1) is 18.6. The van der Waals surface area contributed by atoms with Crippen LogP contribution in [0.5, 0.6) is 11.5 Å². The fourth-order valence-electron chi connectivity index (χ4n) is 3.51. The summed E-state index contributed by atoms with van der Waals surface area (Å²) < 4.78 is 26.3. The quantitative estimate of drug-likeness (QED) is 0.158. The lowest BCUT2D eigenvalue weighted by atomic mass is 10.0. The first-order valence-electron chi connectivity index (χ1n) is 11.7. The molecule has 0 amide bonds. The highest BCUT2D eigenvalue weighted by molar-refractivity contribution is 5.95. The summed E-state index contributed by atoms with van der Waals surface area (Å²) in [6, 6.07) is 14.2. The van der Waals surface area contributed by atoms with Gasteiger partial charge in [0.1, 0.15) is 11.9 Å². The van der Waals surface area contributed by atoms with Crippen LogP contribution in [0.1, 0.15) is 36.8 Å². The smallest absolute Gasteiger partial charge is 0.349 e. The normalized spacial score (nSPS) is 11.1. The molecule has 0 saturated heterocycles. The standard InChI is InChI=1S/C24H24FN7O3.C2H4O2/c1-3-35-19-13-15(8-11-18(19)34-2)20(29-16-9-6-14(7-10-16)21(26)27)22-30-24(33)32(31-22)23-17(25)5-4-12-28-23;1-2(3)4/h4-13,20,29H,3H2,1-2H3,(H3,26,27)(H,30,31,33);1H3,(H,3,4). The van der Waals surface area contributed by atoms with E-state index in [0.29, 0.717) is 34.9 Å². The van der Waals surface area contributed by atoms with Gasteiger partial charge in [0.2, 0.25) is 0 Å². The van der Waals surface area contributed by atoms with Crippen LogP contribution in [-0.4, -0.2) is 50.4 Å². The molecule has 0 aliphatic carbocycles. The van der Waals surface area contributed by atoms with Gasteiger partial charge in [-0.15, -0.1) is 5.10 Å². The molecule has 0 aliphatic heterocycles. The van der Waals surface area contributed by atoms with E-state index in [2.05, 4.69) is 20.4 Å². The van der Waals surface area contributed by atoms with Crippen molar-refractivity contribution in [2.24, 2.45) is 5.73 Å². The number of ether oxygens (including phenoxy) is 2. The highest BCUT2D eigenvalue weighted by atomic mass is 19.1. The number of nitrogens with two attached hydrogens (primary N) is 1. The Kier molecular flexibility index (Phi) is 9.35. The first kappa shape index (κ1) is 28.4. The molecule has 0 saturated carbocycles. The maximum Gasteiger partial charge on any atom is 0.349 e. The van der Waals surface area contributed by atoms with E-state index in [1.807, 2.05) is 13.0 Å². The molecule has 204 valence electrons. The fraction of sp³-hybridized carbons (Fsp3) is 0.192. The molecule has 39 heavy (non-hydrogen) atoms. The Morgan fingerprint density at radius 1 is 1.23 bits per heavy atom. The number of nitrogens with zero attached hydrogens (tertiary/aromatic N) is 3. The second kappa shape index (κ2) is 12.9. The molecule has 13 heteroatoms. The summed E-state index contributed by atoms with van der Waals surface area (Å²) in [6.45, 7) is 3.37. The van der Waals surface area contributed by atoms with Gasteiger partial charge in [0.15, 0.2) is 29.0 Å². The largest absolute Gasteiger partial charge is 0.493 e. The number of rotatable bonds is 9. The van der Waals surface area contributed by atoms with E-state index >= 15 is 0 Å². The van der Waals surface area contributed by atoms with Crippen molar-refractivity contribution < 1.29 is 23.8 Å². The van der Waals surface area contributed by atoms with Gasteiger partial charge in [-0.25, -0.2) is 14.2 Å². The number of hydrogen-bond acceptors (Lipinski definition) is 8. The minimum atomic E-state index is -0.833. The molecule has 0 spiro atoms. The van der Waals surface area contributed by atoms with Crippen LogP contribution in [-0.2, 0) is 4.79 Å². The Morgan fingerprint density at radius 2 is 1.92 bits per heavy atom. The molecule has 2 heterocycles. The van der Waals surface area contributed by atoms with Crippen LogP contribution in [0, 0.1) is 11.2 Å². The maximum absolute atomic E-state index is 14.3. The monoisotopic (exact) mass is 537 g/mol. The minimum absolute atomic E-state index is 0.0509. The number of methoxy groups -OCH3 is 1. The van der Waals surface area contributed by atoms with Crippen LogP contribution < -0.4 is 26.2 Å². The third kappa shape index (κ3) is 7.19. The Balaban J connectivity index is 0.000000983. The van der Waals surface area contributed by atoms with Gasteiger partial charge in [-0.2, -0.15) is 4.68 Å². The first-order valence-corrected chi connectivity index (χ1v) is 11.7. The predicted molar refractivity (Wildman–Crippen MR) is 142 cm³/mol. The van der Waals surface area contributed by atoms with Crippen molar-refractivity contribution in [2.45, 2.75) is 19.9 Å². The lowest BCUT2D eigenvalue weighted by Gasteiger charge is -2.20. The van der Waals surface area contributed by atoms with Gasteiger partial charge >= 0.3 is 5.69 Å². The van der Waals surface area contributed by atoms with E-state index in [4.69, 9.17) is 30.5 Å². The minimum Gasteiger partial charge on any atom is -0.493 e. The summed E-state index contributed by atoms with van der Waals surface area (Å²) in [5.41, 5.74) is 6.85. The summed E-state index contributed by atoms with van der Waals surface area (Å²) in [7, 11) is 1.55. The molecule has 4 aromatic rings. The number of nitrogen functional groups attached to an aromatic ring is 1. The maximum atomic E-state index is 14.3. The zero-order chi connectivity index (χ0) is 28.5. The molecule has 12 nitrogen and oxygen atoms in total. The number of pyridine rings is 1. The van der Waals surface area contributed by atoms with Gasteiger partial charge in [0.05, 0.1) is 13.7 Å². The van der Waals surface area contributed by atoms with Gasteiger partial charge in [0.25, 0.3) is 5.97 Å². The van der Waals surface area contributed by atoms with E-state index in [-0.39, 0.29) is 17.5 Å². The third-order valence-electron chi connectivity index (χ3n) is 5.18. The highest BCUT2D eigenvalue weighted by Gasteiger charge is 2.23. The van der Waals surface area contributed by atoms with Gasteiger partial charge in [0, 0.05) is 24.4 Å². The summed E-state index contributed by atoms with van der Waals surface area (Å²) in [6.07, 6.45) is 1.38. The number of aliphatic carboxylic acids is 1. The predicted octanol–water partition coefficient (Wildman–Crippen LogP) is 3.08. The zero-order valence-corrected chi connectivity index (χ0v) is 21.4. The number of aromatic nitrogens is 4. The lowest BCUT2D eigenvalue weighted by Crippen LogP contribution is -2.18. The van der Waals surface area contributed by atoms with Crippen molar-refractivity contribution in [1.82, 2.24) is 19.7 Å². The topological polar surface area (TPSA) is 181 Å². The van der Waals surface area contributed by atoms with Gasteiger partial charge in [-0.3, -0.25) is 15.2 Å². The molecule has 0 aliphatic rings. The zero-order valence-electron chi connectivity index (χ0n) is 21.4. The number of anilines is 1. The van der Waals surface area contributed by atoms with Crippen LogP contribution in [0.2, 0.25) is 0 Å². The molecule has 4 rings (SSSR count). The van der Waals surface area contributed by atoms with E-state index in [0.717, 1.165) is 11.6 Å². The van der Waals surface area contributed by atoms with Crippen molar-refractivity contribution in [2.75, 3.05) is 19.0 Å². The second-order valence-electron chi connectivity index (χ2n) is 7.97. The van der Waals surface area contributed by atoms with E-state index in [9.17, 15) is 9.18 Å². The molecule has 6 N–H and O–H groups in total. The number of halogens is 1. The summed E-state index contributed by atoms with van der Waals surface area (Å²) in [4.78, 5) is 28.3. The van der Waals surface area contributed by atoms with E-state index in [1.54, 1.807) is 43.5 Å². The third-order valence-corrected chi connectivity index (χ3v) is 5.18. The molecule has 2 aromatic heterocycles. The highest BCUT2D eigenvalue weighted by Crippen LogP contribution is 2.33. The van der Waals surface area contributed by atoms with Crippen molar-refractivity contribution in [3.8, 4) is 17.3 Å². The van der Waals surface area contributed by atoms with Gasteiger partial charge < -0.3 is 25.6 Å². The fourth-order valence-corrected chi connectivity index (χ4v) is 3.51. The van der Waals surface area contributed by atoms with E-state index < -0.39 is 23.5 Å². The Hall–Kier alpha value is -5.20. The Morgan fingerprint density at radius 3 is 2.51 bits per heavy atom. The number of H-pyrrole nitrogens is 1. The van der Waals surface area contributed by atoms with Crippen LogP contribution in [0.15, 0.2) is 65.6 Å². The number of carboxylic acids is 1. The number of hydrogen-bond donors (Lipinski definition) is 5. The van der Waals surface area contributed by atoms with Gasteiger partial charge in [-0.1, -0.05) is 6.07 Å². The summed E-state index contributed by atoms with van der Waals surface area (Å²) in [5.74, 6) is -0.485. The molecular weight excluding hydrogens is 509 g/mol. The summed E-state index contributed by atoms with van der Waals surface area (Å²) in [5, 5.41) is 22.7. The lowest BCUT2D eigenvalue weighted by molar-refractivity contribution is -0.134. The number of benzene rings is 2. The molecule has 1 atom stereocenters. The van der Waals surface area contributed by atoms with Crippen molar-refractivity contribution in [3.05, 3.63) is 94.0 Å². The van der Waals surface area contributed by atoms with Crippen molar-refractivity contribution in [1.29, 1.82) is 5.41 Å². The number of amidine groups is 1. The van der Waals surface area contributed by atoms with Crippen LogP contribution in [0.3, 0.4) is 0 Å². The molecular formula is C26H28FN7O5. The van der Waals surface area contributed by atoms with Crippen molar-refractivity contribution in [3.63, 3.8) is 0 Å². The number of carbonyl (C=O) groups is 1. The number of aromatic amines is 1. The molecule has 0 fully saturated rings. The average Bonchev–Trinajstić information content (AvgIpc) is 3.28. The van der Waals surface area contributed by atoms with Crippen LogP contribution >= 0.6 is 0 Å². The van der Waals surface area contributed by atoms with E-state index in [1.165, 1.54) is 18.3 Å². The van der Waals surface area contributed by atoms with Crippen LogP contribution in [0.4, 0.5) is 10.1 Å². The molecule has 0 radical (unpaired) electrons. The average molecular weight is 538 g/mol. The SMILES string of the molecule is CC(=O)O.CCOc1cc(C(Nc2ccc(C(=N)N)cc2)c2nn(-c3ncccc3F)c(=O)[nH]2)ccc1OC. The Bertz CT molecular complexity index is 1500. The second-order valence-corrected chi connectivity index (χ2v) is 7.97. The molecule has 2 aromatic carbocycles. The number of carboxylic acid groups (broad SMARTS) is 1. The molecule has 0 bridgehead atoms. The Labute approximate surface area is 222 Å². The molecule has 1 unspecified atom stereocenters.